The zero-order valence-electron chi connectivity index (χ0n) is 16.0. The van der Waals surface area contributed by atoms with Crippen molar-refractivity contribution in [1.82, 2.24) is 5.32 Å². The molecule has 2 saturated heterocycles. The smallest absolute Gasteiger partial charge is 0.250 e. The van der Waals surface area contributed by atoms with Gasteiger partial charge in [0.05, 0.1) is 17.5 Å². The van der Waals surface area contributed by atoms with Crippen molar-refractivity contribution in [2.45, 2.75) is 25.4 Å². The summed E-state index contributed by atoms with van der Waals surface area (Å²) in [6.45, 7) is 3.88. The number of para-hydroxylation sites is 2. The van der Waals surface area contributed by atoms with Gasteiger partial charge in [-0.1, -0.05) is 44.2 Å². The van der Waals surface area contributed by atoms with E-state index in [1.54, 1.807) is 30.3 Å². The molecule has 3 heterocycles. The Hall–Kier alpha value is -3.06. The van der Waals surface area contributed by atoms with Crippen LogP contribution in [0.15, 0.2) is 48.5 Å². The maximum atomic E-state index is 14.5. The molecule has 2 aromatic rings. The number of rotatable bonds is 2. The lowest BCUT2D eigenvalue weighted by Gasteiger charge is -2.30. The van der Waals surface area contributed by atoms with Gasteiger partial charge in [-0.15, -0.1) is 0 Å². The van der Waals surface area contributed by atoms with Crippen molar-refractivity contribution in [1.29, 1.82) is 0 Å². The highest BCUT2D eigenvalue weighted by atomic mass is 19.1. The van der Waals surface area contributed by atoms with E-state index in [0.717, 1.165) is 4.90 Å². The maximum absolute atomic E-state index is 14.5. The highest BCUT2D eigenvalue weighted by molar-refractivity contribution is 6.25. The molecule has 2 fully saturated rings. The Kier molecular flexibility index (Phi) is 3.70. The number of benzene rings is 2. The molecule has 0 radical (unpaired) electrons. The Morgan fingerprint density at radius 1 is 1.00 bits per heavy atom. The van der Waals surface area contributed by atoms with Crippen LogP contribution >= 0.6 is 0 Å². The number of carbonyl (C=O) groups is 3. The lowest BCUT2D eigenvalue weighted by molar-refractivity contribution is -0.130. The molecule has 1 spiro atoms. The first-order valence-electron chi connectivity index (χ1n) is 9.69. The molecule has 3 aliphatic rings. The zero-order chi connectivity index (χ0) is 20.5. The van der Waals surface area contributed by atoms with Crippen molar-refractivity contribution in [2.24, 2.45) is 17.8 Å². The predicted octanol–water partition coefficient (Wildman–Crippen LogP) is 2.41. The molecular formula is C22H20FN3O3. The summed E-state index contributed by atoms with van der Waals surface area (Å²) >= 11 is 0. The Morgan fingerprint density at radius 3 is 2.41 bits per heavy atom. The second kappa shape index (κ2) is 5.97. The number of anilines is 2. The van der Waals surface area contributed by atoms with Crippen LogP contribution in [0.1, 0.15) is 19.4 Å². The number of hydrogen-bond donors (Lipinski definition) is 2. The molecule has 0 bridgehead atoms. The molecule has 0 saturated carbocycles. The molecule has 5 rings (SSSR count). The number of hydrogen-bond acceptors (Lipinski definition) is 4. The van der Waals surface area contributed by atoms with Crippen LogP contribution in [-0.2, 0) is 19.9 Å². The van der Waals surface area contributed by atoms with Gasteiger partial charge in [-0.05, 0) is 24.1 Å². The van der Waals surface area contributed by atoms with Crippen LogP contribution in [0.5, 0.6) is 0 Å². The van der Waals surface area contributed by atoms with Gasteiger partial charge < -0.3 is 5.32 Å². The van der Waals surface area contributed by atoms with Crippen molar-refractivity contribution in [3.63, 3.8) is 0 Å². The largest absolute Gasteiger partial charge is 0.324 e. The van der Waals surface area contributed by atoms with Crippen LogP contribution < -0.4 is 15.5 Å². The van der Waals surface area contributed by atoms with Crippen LogP contribution in [-0.4, -0.2) is 23.8 Å². The summed E-state index contributed by atoms with van der Waals surface area (Å²) in [5, 5.41) is 6.19. The van der Waals surface area contributed by atoms with Crippen LogP contribution in [0.25, 0.3) is 0 Å². The van der Waals surface area contributed by atoms with E-state index in [9.17, 15) is 18.8 Å². The lowest BCUT2D eigenvalue weighted by atomic mass is 9.76. The third kappa shape index (κ3) is 2.16. The summed E-state index contributed by atoms with van der Waals surface area (Å²) in [6, 6.07) is 12.5. The van der Waals surface area contributed by atoms with E-state index >= 15 is 0 Å². The first kappa shape index (κ1) is 18.0. The minimum Gasteiger partial charge on any atom is -0.324 e. The van der Waals surface area contributed by atoms with E-state index in [-0.39, 0.29) is 17.5 Å². The average molecular weight is 393 g/mol. The quantitative estimate of drug-likeness (QED) is 0.768. The number of halogens is 1. The number of nitrogens with zero attached hydrogens (tertiary/aromatic N) is 1. The standard InChI is InChI=1S/C22H20FN3O3/c1-11(2)18-16-17(20(28)26(19(16)27)15-10-6-4-8-13(15)23)22(25-18)12-7-3-5-9-14(12)24-21(22)29/h3-11,16-18,25H,1-2H3,(H,24,29)/t16-,17+,18+,22-/m0/s1. The number of nitrogens with one attached hydrogen (secondary N) is 2. The Bertz CT molecular complexity index is 1070. The molecule has 2 aromatic carbocycles. The van der Waals surface area contributed by atoms with E-state index in [2.05, 4.69) is 10.6 Å². The molecule has 29 heavy (non-hydrogen) atoms. The normalized spacial score (nSPS) is 30.3. The molecule has 3 aliphatic heterocycles. The average Bonchev–Trinajstić information content (AvgIpc) is 3.28. The second-order valence-corrected chi connectivity index (χ2v) is 8.19. The van der Waals surface area contributed by atoms with Gasteiger partial charge in [0.1, 0.15) is 11.4 Å². The monoisotopic (exact) mass is 393 g/mol. The van der Waals surface area contributed by atoms with Crippen LogP contribution in [0.3, 0.4) is 0 Å². The molecule has 7 heteroatoms. The number of amides is 3. The maximum Gasteiger partial charge on any atom is 0.250 e. The molecule has 0 aliphatic carbocycles. The molecule has 4 atom stereocenters. The van der Waals surface area contributed by atoms with Gasteiger partial charge in [-0.25, -0.2) is 9.29 Å². The van der Waals surface area contributed by atoms with Gasteiger partial charge in [0.25, 0.3) is 0 Å². The van der Waals surface area contributed by atoms with Gasteiger partial charge in [-0.3, -0.25) is 19.7 Å². The van der Waals surface area contributed by atoms with E-state index in [1.807, 2.05) is 13.8 Å². The Labute approximate surface area is 167 Å². The van der Waals surface area contributed by atoms with Gasteiger partial charge >= 0.3 is 0 Å². The van der Waals surface area contributed by atoms with Gasteiger partial charge in [0.2, 0.25) is 17.7 Å². The lowest BCUT2D eigenvalue weighted by Crippen LogP contribution is -2.54. The van der Waals surface area contributed by atoms with Gasteiger partial charge in [-0.2, -0.15) is 0 Å². The van der Waals surface area contributed by atoms with Crippen LogP contribution in [0.4, 0.5) is 15.8 Å². The van der Waals surface area contributed by atoms with E-state index < -0.39 is 41.0 Å². The zero-order valence-corrected chi connectivity index (χ0v) is 16.0. The summed E-state index contributed by atoms with van der Waals surface area (Å²) in [6.07, 6.45) is 0. The SMILES string of the molecule is CC(C)[C@H]1N[C@]2(C(=O)Nc3ccccc32)[C@H]2C(=O)N(c3ccccc3F)C(=O)[C@H]12. The predicted molar refractivity (Wildman–Crippen MR) is 104 cm³/mol. The molecule has 0 aromatic heterocycles. The van der Waals surface area contributed by atoms with E-state index in [0.29, 0.717) is 11.3 Å². The fourth-order valence-electron chi connectivity index (χ4n) is 5.13. The minimum atomic E-state index is -1.34. The fourth-order valence-corrected chi connectivity index (χ4v) is 5.13. The van der Waals surface area contributed by atoms with Crippen molar-refractivity contribution < 1.29 is 18.8 Å². The van der Waals surface area contributed by atoms with Gasteiger partial charge in [0, 0.05) is 17.3 Å². The summed E-state index contributed by atoms with van der Waals surface area (Å²) < 4.78 is 14.5. The fraction of sp³-hybridized carbons (Fsp3) is 0.318. The van der Waals surface area contributed by atoms with Crippen molar-refractivity contribution in [2.75, 3.05) is 10.2 Å². The Balaban J connectivity index is 1.71. The molecule has 2 N–H and O–H groups in total. The molecular weight excluding hydrogens is 373 g/mol. The van der Waals surface area contributed by atoms with E-state index in [1.165, 1.54) is 18.2 Å². The Morgan fingerprint density at radius 2 is 1.69 bits per heavy atom. The minimum absolute atomic E-state index is 0.0141. The first-order valence-corrected chi connectivity index (χ1v) is 9.69. The highest BCUT2D eigenvalue weighted by Crippen LogP contribution is 2.54. The van der Waals surface area contributed by atoms with Gasteiger partial charge in [0.15, 0.2) is 0 Å². The van der Waals surface area contributed by atoms with Crippen molar-refractivity contribution in [3.05, 3.63) is 59.9 Å². The van der Waals surface area contributed by atoms with Crippen molar-refractivity contribution >= 4 is 29.1 Å². The number of fused-ring (bicyclic) bond motifs is 4. The summed E-state index contributed by atoms with van der Waals surface area (Å²) in [7, 11) is 0. The third-order valence-corrected chi connectivity index (χ3v) is 6.37. The summed E-state index contributed by atoms with van der Waals surface area (Å²) in [5.74, 6) is -3.72. The second-order valence-electron chi connectivity index (χ2n) is 8.19. The van der Waals surface area contributed by atoms with Crippen LogP contribution in [0, 0.1) is 23.6 Å². The third-order valence-electron chi connectivity index (χ3n) is 6.37. The first-order chi connectivity index (χ1) is 13.9. The highest BCUT2D eigenvalue weighted by Gasteiger charge is 2.71. The topological polar surface area (TPSA) is 78.5 Å². The number of carbonyl (C=O) groups excluding carboxylic acids is 3. The summed E-state index contributed by atoms with van der Waals surface area (Å²) in [4.78, 5) is 41.1. The molecule has 0 unspecified atom stereocenters. The van der Waals surface area contributed by atoms with Crippen LogP contribution in [0.2, 0.25) is 0 Å². The molecule has 148 valence electrons. The number of imide groups is 1. The van der Waals surface area contributed by atoms with Crippen molar-refractivity contribution in [3.8, 4) is 0 Å². The van der Waals surface area contributed by atoms with E-state index in [4.69, 9.17) is 0 Å². The molecule has 6 nitrogen and oxygen atoms in total. The summed E-state index contributed by atoms with van der Waals surface area (Å²) in [5.41, 5.74) is -0.137. The molecule has 3 amide bonds.